The van der Waals surface area contributed by atoms with Crippen molar-refractivity contribution >= 4 is 17.3 Å². The van der Waals surface area contributed by atoms with Crippen LogP contribution in [0.4, 0.5) is 5.69 Å². The van der Waals surface area contributed by atoms with Crippen LogP contribution >= 0.6 is 11.6 Å². The molecule has 0 heterocycles. The van der Waals surface area contributed by atoms with Gasteiger partial charge in [0.15, 0.2) is 1.41 Å². The number of terminal acetylenes is 1. The van der Waals surface area contributed by atoms with Crippen LogP contribution < -0.4 is 5.31 Å². The van der Waals surface area contributed by atoms with Crippen molar-refractivity contribution in [2.75, 3.05) is 11.9 Å². The highest BCUT2D eigenvalue weighted by Crippen LogP contribution is 2.19. The fourth-order valence-electron chi connectivity index (χ4n) is 0.711. The van der Waals surface area contributed by atoms with Gasteiger partial charge in [0.2, 0.25) is 0 Å². The van der Waals surface area contributed by atoms with Crippen molar-refractivity contribution in [3.63, 3.8) is 0 Å². The van der Waals surface area contributed by atoms with Crippen LogP contribution in [0.3, 0.4) is 0 Å². The SMILES string of the molecule is [2H]N(CC#C)c1ccccc1Cl. The molecule has 0 spiro atoms. The second-order valence-corrected chi connectivity index (χ2v) is 2.38. The highest BCUT2D eigenvalue weighted by Gasteiger charge is 1.93. The summed E-state index contributed by atoms with van der Waals surface area (Å²) in [5.41, 5.74) is 0.636. The fourth-order valence-corrected chi connectivity index (χ4v) is 0.906. The van der Waals surface area contributed by atoms with E-state index in [1.54, 1.807) is 12.1 Å². The minimum absolute atomic E-state index is 0.240. The minimum Gasteiger partial charge on any atom is -0.373 e. The second-order valence-electron chi connectivity index (χ2n) is 1.97. The molecule has 0 fully saturated rings. The monoisotopic (exact) mass is 166 g/mol. The van der Waals surface area contributed by atoms with Crippen LogP contribution in [0.1, 0.15) is 0 Å². The van der Waals surface area contributed by atoms with Crippen LogP contribution in [0.25, 0.3) is 0 Å². The summed E-state index contributed by atoms with van der Waals surface area (Å²) in [6.45, 7) is 0.240. The highest BCUT2D eigenvalue weighted by molar-refractivity contribution is 6.33. The van der Waals surface area contributed by atoms with Gasteiger partial charge in [-0.15, -0.1) is 6.42 Å². The molecule has 0 amide bonds. The summed E-state index contributed by atoms with van der Waals surface area (Å²) in [5.74, 6) is 2.37. The topological polar surface area (TPSA) is 12.0 Å². The van der Waals surface area contributed by atoms with Gasteiger partial charge in [0.1, 0.15) is 0 Å². The van der Waals surface area contributed by atoms with Crippen LogP contribution in [-0.4, -0.2) is 6.54 Å². The number of halogens is 1. The molecule has 0 aliphatic carbocycles. The summed E-state index contributed by atoms with van der Waals surface area (Å²) >= 11 is 5.82. The molecular weight excluding hydrogens is 158 g/mol. The smallest absolute Gasteiger partial charge is 0.161 e. The molecule has 0 bridgehead atoms. The van der Waals surface area contributed by atoms with Crippen LogP contribution in [0.15, 0.2) is 24.3 Å². The van der Waals surface area contributed by atoms with E-state index in [-0.39, 0.29) is 6.54 Å². The van der Waals surface area contributed by atoms with Gasteiger partial charge in [-0.25, -0.2) is 0 Å². The van der Waals surface area contributed by atoms with Gasteiger partial charge in [-0.1, -0.05) is 29.7 Å². The Morgan fingerprint density at radius 1 is 1.64 bits per heavy atom. The molecule has 0 radical (unpaired) electrons. The van der Waals surface area contributed by atoms with Crippen LogP contribution in [0, 0.1) is 12.3 Å². The molecule has 56 valence electrons. The molecule has 0 aromatic heterocycles. The van der Waals surface area contributed by atoms with Crippen molar-refractivity contribution < 1.29 is 1.41 Å². The quantitative estimate of drug-likeness (QED) is 0.666. The molecule has 1 rings (SSSR count). The molecule has 1 nitrogen and oxygen atoms in total. The van der Waals surface area contributed by atoms with Gasteiger partial charge in [0, 0.05) is 0 Å². The molecule has 0 unspecified atom stereocenters. The van der Waals surface area contributed by atoms with Gasteiger partial charge < -0.3 is 5.31 Å². The number of anilines is 1. The lowest BCUT2D eigenvalue weighted by atomic mass is 10.3. The minimum atomic E-state index is 0.240. The van der Waals surface area contributed by atoms with Crippen LogP contribution in [-0.2, 0) is 0 Å². The molecule has 2 heteroatoms. The maximum atomic E-state index is 7.46. The van der Waals surface area contributed by atoms with E-state index >= 15 is 0 Å². The van der Waals surface area contributed by atoms with Crippen molar-refractivity contribution in [1.82, 2.24) is 0 Å². The molecule has 0 saturated carbocycles. The molecule has 1 aromatic rings. The van der Waals surface area contributed by atoms with Crippen LogP contribution in [0.5, 0.6) is 0 Å². The number of rotatable bonds is 2. The predicted octanol–water partition coefficient (Wildman–Crippen LogP) is 2.39. The third kappa shape index (κ3) is 2.18. The molecule has 1 N–H and O–H groups in total. The lowest BCUT2D eigenvalue weighted by molar-refractivity contribution is 1.38. The Labute approximate surface area is 72.8 Å². The van der Waals surface area contributed by atoms with E-state index < -0.39 is 0 Å². The summed E-state index contributed by atoms with van der Waals surface area (Å²) in [4.78, 5) is 0. The third-order valence-corrected chi connectivity index (χ3v) is 1.51. The van der Waals surface area contributed by atoms with Gasteiger partial charge in [0.05, 0.1) is 17.3 Å². The Balaban J connectivity index is 2.88. The number of para-hydroxylation sites is 1. The molecular formula is C9H8ClN. The normalized spacial score (nSPS) is 10.0. The van der Waals surface area contributed by atoms with E-state index in [0.717, 1.165) is 0 Å². The first-order valence-electron chi connectivity index (χ1n) is 3.65. The van der Waals surface area contributed by atoms with Gasteiger partial charge in [-0.05, 0) is 12.1 Å². The van der Waals surface area contributed by atoms with Crippen molar-refractivity contribution in [3.8, 4) is 12.3 Å². The fraction of sp³-hybridized carbons (Fsp3) is 0.111. The molecule has 0 aliphatic rings. The standard InChI is InChI=1S/C9H8ClN/c1-2-7-11-9-6-4-3-5-8(9)10/h1,3-6,11H,7H2/i/hD. The van der Waals surface area contributed by atoms with Crippen LogP contribution in [0.2, 0.25) is 6.43 Å². The summed E-state index contributed by atoms with van der Waals surface area (Å²) in [7, 11) is 0. The Kier molecular flexibility index (Phi) is 2.33. The first-order valence-corrected chi connectivity index (χ1v) is 3.58. The number of nitrogens with one attached hydrogen (secondary N) is 1. The zero-order valence-electron chi connectivity index (χ0n) is 6.92. The summed E-state index contributed by atoms with van der Waals surface area (Å²) in [5, 5.41) is 1.73. The summed E-state index contributed by atoms with van der Waals surface area (Å²) in [6.07, 6.45) is 5.06. The highest BCUT2D eigenvalue weighted by atomic mass is 35.5. The Morgan fingerprint density at radius 2 is 2.36 bits per heavy atom. The van der Waals surface area contributed by atoms with E-state index in [1.807, 2.05) is 12.1 Å². The Bertz CT molecular complexity index is 306. The molecule has 11 heavy (non-hydrogen) atoms. The predicted molar refractivity (Wildman–Crippen MR) is 48.8 cm³/mol. The third-order valence-electron chi connectivity index (χ3n) is 1.19. The number of hydrogen-bond acceptors (Lipinski definition) is 1. The van der Waals surface area contributed by atoms with Crippen molar-refractivity contribution in [2.24, 2.45) is 0 Å². The zero-order chi connectivity index (χ0) is 8.97. The maximum absolute atomic E-state index is 7.46. The Hall–Kier alpha value is -1.13. The van der Waals surface area contributed by atoms with Gasteiger partial charge in [-0.2, -0.15) is 0 Å². The largest absolute Gasteiger partial charge is 0.373 e. The van der Waals surface area contributed by atoms with E-state index in [1.165, 1.54) is 5.31 Å². The maximum Gasteiger partial charge on any atom is 0.161 e. The lowest BCUT2D eigenvalue weighted by Crippen LogP contribution is -1.97. The van der Waals surface area contributed by atoms with Gasteiger partial charge in [-0.3, -0.25) is 0 Å². The first-order chi connectivity index (χ1) is 5.75. The molecule has 0 atom stereocenters. The second kappa shape index (κ2) is 3.90. The van der Waals surface area contributed by atoms with Crippen molar-refractivity contribution in [2.45, 2.75) is 0 Å². The summed E-state index contributed by atoms with van der Waals surface area (Å²) < 4.78 is 7.46. The van der Waals surface area contributed by atoms with Gasteiger partial charge >= 0.3 is 0 Å². The van der Waals surface area contributed by atoms with Crippen molar-refractivity contribution in [3.05, 3.63) is 29.3 Å². The van der Waals surface area contributed by atoms with E-state index in [0.29, 0.717) is 10.7 Å². The zero-order valence-corrected chi connectivity index (χ0v) is 6.67. The lowest BCUT2D eigenvalue weighted by Gasteiger charge is -2.02. The molecule has 0 saturated heterocycles. The molecule has 1 aromatic carbocycles. The van der Waals surface area contributed by atoms with Gasteiger partial charge in [0.25, 0.3) is 0 Å². The number of benzene rings is 1. The first kappa shape index (κ1) is 6.57. The average molecular weight is 167 g/mol. The summed E-state index contributed by atoms with van der Waals surface area (Å²) in [6, 6.07) is 7.12. The van der Waals surface area contributed by atoms with E-state index in [9.17, 15) is 0 Å². The van der Waals surface area contributed by atoms with E-state index in [4.69, 9.17) is 19.4 Å². The van der Waals surface area contributed by atoms with E-state index in [2.05, 4.69) is 5.92 Å². The number of hydrogen-bond donors (Lipinski definition) is 1. The Morgan fingerprint density at radius 3 is 3.00 bits per heavy atom. The molecule has 0 aliphatic heterocycles. The average Bonchev–Trinajstić information content (AvgIpc) is 2.05. The van der Waals surface area contributed by atoms with Crippen molar-refractivity contribution in [1.29, 1.82) is 0 Å².